The lowest BCUT2D eigenvalue weighted by Crippen LogP contribution is -2.57. The number of aliphatic carboxylic acids is 1. The summed E-state index contributed by atoms with van der Waals surface area (Å²) in [5, 5.41) is 8.90. The molecule has 1 saturated heterocycles. The summed E-state index contributed by atoms with van der Waals surface area (Å²) in [5.74, 6) is -0.714. The molecule has 19 heavy (non-hydrogen) atoms. The molecule has 0 saturated carbocycles. The zero-order valence-electron chi connectivity index (χ0n) is 11.6. The molecule has 1 fully saturated rings. The molecular weight excluding hydrogens is 240 g/mol. The molecule has 1 aliphatic heterocycles. The SMILES string of the molecule is CC1CN(C)CC(CCC(=O)O)N1c1ccccc1. The third-order valence-electron chi connectivity index (χ3n) is 3.71. The van der Waals surface area contributed by atoms with Gasteiger partial charge in [-0.1, -0.05) is 18.2 Å². The van der Waals surface area contributed by atoms with Crippen LogP contribution < -0.4 is 4.90 Å². The molecule has 4 heteroatoms. The van der Waals surface area contributed by atoms with E-state index in [0.29, 0.717) is 12.5 Å². The number of carboxylic acids is 1. The van der Waals surface area contributed by atoms with Crippen molar-refractivity contribution in [1.29, 1.82) is 0 Å². The number of likely N-dealkylation sites (N-methyl/N-ethyl adjacent to an activating group) is 1. The molecule has 0 aromatic heterocycles. The Morgan fingerprint density at radius 2 is 2.00 bits per heavy atom. The Morgan fingerprint density at radius 3 is 2.63 bits per heavy atom. The van der Waals surface area contributed by atoms with Crippen molar-refractivity contribution >= 4 is 11.7 Å². The van der Waals surface area contributed by atoms with Gasteiger partial charge in [0.05, 0.1) is 0 Å². The maximum absolute atomic E-state index is 10.8. The predicted octanol–water partition coefficient (Wildman–Crippen LogP) is 2.06. The fourth-order valence-corrected chi connectivity index (χ4v) is 3.01. The van der Waals surface area contributed by atoms with Gasteiger partial charge in [0.15, 0.2) is 0 Å². The number of para-hydroxylation sites is 1. The van der Waals surface area contributed by atoms with Gasteiger partial charge in [0, 0.05) is 37.3 Å². The number of carboxylic acid groups (broad SMARTS) is 1. The number of anilines is 1. The van der Waals surface area contributed by atoms with E-state index in [1.54, 1.807) is 0 Å². The summed E-state index contributed by atoms with van der Waals surface area (Å²) in [6.07, 6.45) is 0.924. The van der Waals surface area contributed by atoms with Crippen LogP contribution in [0, 0.1) is 0 Å². The second-order valence-electron chi connectivity index (χ2n) is 5.40. The van der Waals surface area contributed by atoms with Gasteiger partial charge in [0.2, 0.25) is 0 Å². The van der Waals surface area contributed by atoms with Crippen molar-refractivity contribution in [1.82, 2.24) is 4.90 Å². The largest absolute Gasteiger partial charge is 0.481 e. The normalized spacial score (nSPS) is 24.4. The van der Waals surface area contributed by atoms with Crippen molar-refractivity contribution in [3.05, 3.63) is 30.3 Å². The summed E-state index contributed by atoms with van der Waals surface area (Å²) in [7, 11) is 2.10. The zero-order valence-corrected chi connectivity index (χ0v) is 11.6. The molecule has 0 radical (unpaired) electrons. The van der Waals surface area contributed by atoms with Crippen molar-refractivity contribution < 1.29 is 9.90 Å². The smallest absolute Gasteiger partial charge is 0.303 e. The highest BCUT2D eigenvalue weighted by atomic mass is 16.4. The number of piperazine rings is 1. The Kier molecular flexibility index (Phi) is 4.43. The zero-order chi connectivity index (χ0) is 13.8. The van der Waals surface area contributed by atoms with E-state index in [1.165, 1.54) is 5.69 Å². The van der Waals surface area contributed by atoms with Crippen molar-refractivity contribution in [3.63, 3.8) is 0 Å². The number of benzene rings is 1. The fourth-order valence-electron chi connectivity index (χ4n) is 3.01. The van der Waals surface area contributed by atoms with Crippen LogP contribution >= 0.6 is 0 Å². The maximum atomic E-state index is 10.8. The number of nitrogens with zero attached hydrogens (tertiary/aromatic N) is 2. The maximum Gasteiger partial charge on any atom is 0.303 e. The first-order chi connectivity index (χ1) is 9.08. The predicted molar refractivity (Wildman–Crippen MR) is 76.5 cm³/mol. The van der Waals surface area contributed by atoms with E-state index in [2.05, 4.69) is 35.9 Å². The molecule has 1 aromatic rings. The van der Waals surface area contributed by atoms with Crippen LogP contribution in [0.25, 0.3) is 0 Å². The number of rotatable bonds is 4. The number of hydrogen-bond acceptors (Lipinski definition) is 3. The summed E-state index contributed by atoms with van der Waals surface area (Å²) >= 11 is 0. The fraction of sp³-hybridized carbons (Fsp3) is 0.533. The molecule has 2 rings (SSSR count). The van der Waals surface area contributed by atoms with Gasteiger partial charge in [-0.2, -0.15) is 0 Å². The molecule has 1 aliphatic rings. The minimum absolute atomic E-state index is 0.231. The van der Waals surface area contributed by atoms with E-state index in [4.69, 9.17) is 5.11 Å². The lowest BCUT2D eigenvalue weighted by molar-refractivity contribution is -0.137. The molecule has 1 heterocycles. The van der Waals surface area contributed by atoms with Gasteiger partial charge in [-0.05, 0) is 32.5 Å². The van der Waals surface area contributed by atoms with Crippen LogP contribution in [-0.4, -0.2) is 48.2 Å². The Hall–Kier alpha value is -1.55. The van der Waals surface area contributed by atoms with Gasteiger partial charge >= 0.3 is 5.97 Å². The lowest BCUT2D eigenvalue weighted by Gasteiger charge is -2.46. The third kappa shape index (κ3) is 3.47. The van der Waals surface area contributed by atoms with E-state index < -0.39 is 5.97 Å². The summed E-state index contributed by atoms with van der Waals surface area (Å²) in [4.78, 5) is 15.5. The lowest BCUT2D eigenvalue weighted by atomic mass is 10.0. The molecule has 0 bridgehead atoms. The van der Waals surface area contributed by atoms with E-state index in [9.17, 15) is 4.79 Å². The van der Waals surface area contributed by atoms with Gasteiger partial charge in [-0.25, -0.2) is 0 Å². The first kappa shape index (κ1) is 13.9. The molecule has 2 atom stereocenters. The van der Waals surface area contributed by atoms with Crippen molar-refractivity contribution in [2.75, 3.05) is 25.0 Å². The van der Waals surface area contributed by atoms with Crippen LogP contribution in [0.3, 0.4) is 0 Å². The quantitative estimate of drug-likeness (QED) is 0.902. The topological polar surface area (TPSA) is 43.8 Å². The molecule has 0 spiro atoms. The van der Waals surface area contributed by atoms with Crippen molar-refractivity contribution in [2.24, 2.45) is 0 Å². The van der Waals surface area contributed by atoms with E-state index in [1.807, 2.05) is 18.2 Å². The molecule has 4 nitrogen and oxygen atoms in total. The Labute approximate surface area is 114 Å². The first-order valence-corrected chi connectivity index (χ1v) is 6.81. The third-order valence-corrected chi connectivity index (χ3v) is 3.71. The van der Waals surface area contributed by atoms with E-state index >= 15 is 0 Å². The molecule has 0 amide bonds. The second kappa shape index (κ2) is 6.06. The molecule has 1 aromatic carbocycles. The van der Waals surface area contributed by atoms with Crippen LogP contribution in [0.15, 0.2) is 30.3 Å². The van der Waals surface area contributed by atoms with Crippen molar-refractivity contribution in [3.8, 4) is 0 Å². The average Bonchev–Trinajstić information content (AvgIpc) is 2.36. The van der Waals surface area contributed by atoms with Crippen LogP contribution in [-0.2, 0) is 4.79 Å². The van der Waals surface area contributed by atoms with Crippen LogP contribution in [0.2, 0.25) is 0 Å². The van der Waals surface area contributed by atoms with Gasteiger partial charge in [-0.3, -0.25) is 4.79 Å². The van der Waals surface area contributed by atoms with Crippen molar-refractivity contribution in [2.45, 2.75) is 31.8 Å². The van der Waals surface area contributed by atoms with Crippen LogP contribution in [0.1, 0.15) is 19.8 Å². The summed E-state index contributed by atoms with van der Waals surface area (Å²) in [5.41, 5.74) is 1.19. The number of carbonyl (C=O) groups is 1. The van der Waals surface area contributed by atoms with Gasteiger partial charge in [-0.15, -0.1) is 0 Å². The molecular formula is C15H22N2O2. The molecule has 1 N–H and O–H groups in total. The first-order valence-electron chi connectivity index (χ1n) is 6.81. The monoisotopic (exact) mass is 262 g/mol. The Morgan fingerprint density at radius 1 is 1.32 bits per heavy atom. The Balaban J connectivity index is 2.17. The highest BCUT2D eigenvalue weighted by Gasteiger charge is 2.30. The molecule has 0 aliphatic carbocycles. The summed E-state index contributed by atoms with van der Waals surface area (Å²) in [6.45, 7) is 4.14. The van der Waals surface area contributed by atoms with E-state index in [-0.39, 0.29) is 12.5 Å². The standard InChI is InChI=1S/C15H22N2O2/c1-12-10-16(2)11-14(8-9-15(18)19)17(12)13-6-4-3-5-7-13/h3-7,12,14H,8-11H2,1-2H3,(H,18,19). The van der Waals surface area contributed by atoms with E-state index in [0.717, 1.165) is 13.1 Å². The summed E-state index contributed by atoms with van der Waals surface area (Å²) in [6, 6.07) is 11.0. The van der Waals surface area contributed by atoms with Gasteiger partial charge < -0.3 is 14.9 Å². The summed E-state index contributed by atoms with van der Waals surface area (Å²) < 4.78 is 0. The minimum Gasteiger partial charge on any atom is -0.481 e. The molecule has 2 unspecified atom stereocenters. The van der Waals surface area contributed by atoms with Crippen LogP contribution in [0.4, 0.5) is 5.69 Å². The highest BCUT2D eigenvalue weighted by molar-refractivity contribution is 5.66. The minimum atomic E-state index is -0.714. The Bertz CT molecular complexity index is 421. The average molecular weight is 262 g/mol. The molecule has 104 valence electrons. The second-order valence-corrected chi connectivity index (χ2v) is 5.40. The van der Waals surface area contributed by atoms with Gasteiger partial charge in [0.1, 0.15) is 0 Å². The van der Waals surface area contributed by atoms with Crippen LogP contribution in [0.5, 0.6) is 0 Å². The highest BCUT2D eigenvalue weighted by Crippen LogP contribution is 2.26. The number of hydrogen-bond donors (Lipinski definition) is 1. The van der Waals surface area contributed by atoms with Gasteiger partial charge in [0.25, 0.3) is 0 Å².